The zero-order chi connectivity index (χ0) is 13.1. The predicted octanol–water partition coefficient (Wildman–Crippen LogP) is 4.84. The van der Waals surface area contributed by atoms with Crippen LogP contribution in [0.15, 0.2) is 11.6 Å². The molecule has 1 saturated heterocycles. The summed E-state index contributed by atoms with van der Waals surface area (Å²) in [5, 5.41) is 0. The predicted molar refractivity (Wildman–Crippen MR) is 76.7 cm³/mol. The van der Waals surface area contributed by atoms with Gasteiger partial charge in [0.25, 0.3) is 0 Å². The molecule has 1 aliphatic rings. The number of hydrogen-bond acceptors (Lipinski definition) is 2. The molecule has 18 heavy (non-hydrogen) atoms. The minimum atomic E-state index is 0.0772. The lowest BCUT2D eigenvalue weighted by Crippen LogP contribution is -2.22. The van der Waals surface area contributed by atoms with Crippen molar-refractivity contribution >= 4 is 0 Å². The Balaban J connectivity index is 1.94. The first-order valence-electron chi connectivity index (χ1n) is 7.71. The van der Waals surface area contributed by atoms with Crippen LogP contribution in [0.3, 0.4) is 0 Å². The molecular formula is C16H30O2. The van der Waals surface area contributed by atoms with E-state index in [9.17, 15) is 0 Å². The van der Waals surface area contributed by atoms with Crippen LogP contribution >= 0.6 is 0 Å². The third-order valence-electron chi connectivity index (χ3n) is 3.46. The van der Waals surface area contributed by atoms with Crippen molar-refractivity contribution < 1.29 is 9.47 Å². The highest BCUT2D eigenvalue weighted by atomic mass is 16.7. The standard InChI is InChI=1S/C16H30O2/c1-3-4-5-10-15(2)11-6-8-13-17-16-12-7-9-14-18-16/h11,16H,3-10,12-14H2,1-2H3/b15-11-. The summed E-state index contributed by atoms with van der Waals surface area (Å²) in [4.78, 5) is 0. The Morgan fingerprint density at radius 3 is 2.89 bits per heavy atom. The van der Waals surface area contributed by atoms with E-state index in [4.69, 9.17) is 9.47 Å². The zero-order valence-corrected chi connectivity index (χ0v) is 12.2. The summed E-state index contributed by atoms with van der Waals surface area (Å²) in [5.41, 5.74) is 1.54. The molecule has 0 saturated carbocycles. The van der Waals surface area contributed by atoms with Gasteiger partial charge in [-0.05, 0) is 51.9 Å². The fraction of sp³-hybridized carbons (Fsp3) is 0.875. The van der Waals surface area contributed by atoms with E-state index in [1.807, 2.05) is 0 Å². The van der Waals surface area contributed by atoms with Gasteiger partial charge in [0.05, 0.1) is 6.61 Å². The van der Waals surface area contributed by atoms with Gasteiger partial charge >= 0.3 is 0 Å². The van der Waals surface area contributed by atoms with Crippen LogP contribution in [0.2, 0.25) is 0 Å². The average molecular weight is 254 g/mol. The molecule has 1 rings (SSSR count). The number of ether oxygens (including phenoxy) is 2. The first-order chi connectivity index (χ1) is 8.83. The summed E-state index contributed by atoms with van der Waals surface area (Å²) in [5.74, 6) is 0. The fourth-order valence-corrected chi connectivity index (χ4v) is 2.25. The van der Waals surface area contributed by atoms with Crippen molar-refractivity contribution in [1.29, 1.82) is 0 Å². The van der Waals surface area contributed by atoms with Crippen molar-refractivity contribution in [2.75, 3.05) is 13.2 Å². The Morgan fingerprint density at radius 1 is 1.28 bits per heavy atom. The molecule has 0 amide bonds. The summed E-state index contributed by atoms with van der Waals surface area (Å²) >= 11 is 0. The molecular weight excluding hydrogens is 224 g/mol. The molecule has 0 aromatic rings. The molecule has 106 valence electrons. The first-order valence-corrected chi connectivity index (χ1v) is 7.71. The second-order valence-electron chi connectivity index (χ2n) is 5.32. The summed E-state index contributed by atoms with van der Waals surface area (Å²) < 4.78 is 11.2. The highest BCUT2D eigenvalue weighted by Gasteiger charge is 2.12. The Kier molecular flexibility index (Phi) is 9.23. The molecule has 2 nitrogen and oxygen atoms in total. The third-order valence-corrected chi connectivity index (χ3v) is 3.46. The van der Waals surface area contributed by atoms with Crippen molar-refractivity contribution in [2.45, 2.75) is 77.9 Å². The van der Waals surface area contributed by atoms with E-state index in [1.54, 1.807) is 0 Å². The Morgan fingerprint density at radius 2 is 2.17 bits per heavy atom. The van der Waals surface area contributed by atoms with E-state index in [0.29, 0.717) is 0 Å². The highest BCUT2D eigenvalue weighted by Crippen LogP contribution is 2.14. The lowest BCUT2D eigenvalue weighted by Gasteiger charge is -2.22. The first kappa shape index (κ1) is 15.7. The van der Waals surface area contributed by atoms with E-state index in [-0.39, 0.29) is 6.29 Å². The molecule has 1 atom stereocenters. The monoisotopic (exact) mass is 254 g/mol. The van der Waals surface area contributed by atoms with Gasteiger partial charge in [0.15, 0.2) is 6.29 Å². The van der Waals surface area contributed by atoms with E-state index in [2.05, 4.69) is 19.9 Å². The van der Waals surface area contributed by atoms with E-state index in [0.717, 1.165) is 32.5 Å². The fourth-order valence-electron chi connectivity index (χ4n) is 2.25. The Labute approximate surface area is 113 Å². The van der Waals surface area contributed by atoms with Gasteiger partial charge in [-0.2, -0.15) is 0 Å². The smallest absolute Gasteiger partial charge is 0.157 e. The topological polar surface area (TPSA) is 18.5 Å². The van der Waals surface area contributed by atoms with Gasteiger partial charge in [0, 0.05) is 6.61 Å². The van der Waals surface area contributed by atoms with E-state index >= 15 is 0 Å². The molecule has 0 aromatic carbocycles. The van der Waals surface area contributed by atoms with Crippen molar-refractivity contribution in [1.82, 2.24) is 0 Å². The van der Waals surface area contributed by atoms with E-state index in [1.165, 1.54) is 44.1 Å². The normalized spacial score (nSPS) is 21.2. The van der Waals surface area contributed by atoms with Crippen LogP contribution in [0, 0.1) is 0 Å². The minimum absolute atomic E-state index is 0.0772. The second-order valence-corrected chi connectivity index (χ2v) is 5.32. The molecule has 1 heterocycles. The van der Waals surface area contributed by atoms with Crippen LogP contribution in [-0.2, 0) is 9.47 Å². The van der Waals surface area contributed by atoms with Gasteiger partial charge < -0.3 is 9.47 Å². The molecule has 0 N–H and O–H groups in total. The molecule has 1 aliphatic heterocycles. The van der Waals surface area contributed by atoms with Crippen molar-refractivity contribution in [3.05, 3.63) is 11.6 Å². The number of unbranched alkanes of at least 4 members (excludes halogenated alkanes) is 3. The summed E-state index contributed by atoms with van der Waals surface area (Å²) in [6, 6.07) is 0. The zero-order valence-electron chi connectivity index (χ0n) is 12.2. The largest absolute Gasteiger partial charge is 0.353 e. The van der Waals surface area contributed by atoms with Gasteiger partial charge in [0.1, 0.15) is 0 Å². The van der Waals surface area contributed by atoms with E-state index < -0.39 is 0 Å². The summed E-state index contributed by atoms with van der Waals surface area (Å²) in [6.07, 6.45) is 13.5. The van der Waals surface area contributed by atoms with Gasteiger partial charge in [-0.25, -0.2) is 0 Å². The van der Waals surface area contributed by atoms with Crippen molar-refractivity contribution in [3.8, 4) is 0 Å². The number of rotatable bonds is 9. The second kappa shape index (κ2) is 10.6. The molecule has 0 aromatic heterocycles. The molecule has 1 unspecified atom stereocenters. The maximum atomic E-state index is 5.71. The quantitative estimate of drug-likeness (QED) is 0.433. The summed E-state index contributed by atoms with van der Waals surface area (Å²) in [7, 11) is 0. The van der Waals surface area contributed by atoms with Crippen LogP contribution in [0.1, 0.15) is 71.6 Å². The molecule has 0 aliphatic carbocycles. The van der Waals surface area contributed by atoms with Crippen molar-refractivity contribution in [3.63, 3.8) is 0 Å². The van der Waals surface area contributed by atoms with Crippen LogP contribution in [0.5, 0.6) is 0 Å². The van der Waals surface area contributed by atoms with Gasteiger partial charge in [-0.15, -0.1) is 0 Å². The third kappa shape index (κ3) is 7.88. The van der Waals surface area contributed by atoms with Crippen LogP contribution < -0.4 is 0 Å². The molecule has 1 fully saturated rings. The Hall–Kier alpha value is -0.340. The number of hydrogen-bond donors (Lipinski definition) is 0. The number of allylic oxidation sites excluding steroid dienone is 2. The minimum Gasteiger partial charge on any atom is -0.353 e. The molecule has 0 radical (unpaired) electrons. The molecule has 2 heteroatoms. The molecule has 0 bridgehead atoms. The SMILES string of the molecule is CCCCC/C(C)=C\CCCOC1CCCCO1. The van der Waals surface area contributed by atoms with Gasteiger partial charge in [-0.1, -0.05) is 31.4 Å². The van der Waals surface area contributed by atoms with Gasteiger partial charge in [0.2, 0.25) is 0 Å². The molecule has 0 spiro atoms. The van der Waals surface area contributed by atoms with Crippen molar-refractivity contribution in [2.24, 2.45) is 0 Å². The van der Waals surface area contributed by atoms with Crippen LogP contribution in [0.25, 0.3) is 0 Å². The van der Waals surface area contributed by atoms with Gasteiger partial charge in [-0.3, -0.25) is 0 Å². The maximum absolute atomic E-state index is 5.71. The van der Waals surface area contributed by atoms with Crippen LogP contribution in [-0.4, -0.2) is 19.5 Å². The summed E-state index contributed by atoms with van der Waals surface area (Å²) in [6.45, 7) is 6.22. The highest BCUT2D eigenvalue weighted by molar-refractivity contribution is 4.97. The lowest BCUT2D eigenvalue weighted by atomic mass is 10.1. The van der Waals surface area contributed by atoms with Crippen LogP contribution in [0.4, 0.5) is 0 Å². The lowest BCUT2D eigenvalue weighted by molar-refractivity contribution is -0.162. The maximum Gasteiger partial charge on any atom is 0.157 e. The average Bonchev–Trinajstić information content (AvgIpc) is 2.40. The Bertz CT molecular complexity index is 217.